The molecule has 0 aromatic heterocycles. The lowest BCUT2D eigenvalue weighted by Crippen LogP contribution is -2.43. The third-order valence-corrected chi connectivity index (χ3v) is 3.51. The topological polar surface area (TPSA) is 58.2 Å². The van der Waals surface area contributed by atoms with E-state index in [-0.39, 0.29) is 6.04 Å². The van der Waals surface area contributed by atoms with E-state index >= 15 is 0 Å². The molecule has 5 heteroatoms. The van der Waals surface area contributed by atoms with Gasteiger partial charge >= 0.3 is 11.8 Å². The van der Waals surface area contributed by atoms with Gasteiger partial charge < -0.3 is 10.6 Å². The molecule has 4 nitrogen and oxygen atoms in total. The van der Waals surface area contributed by atoms with Crippen molar-refractivity contribution in [2.24, 2.45) is 0 Å². The van der Waals surface area contributed by atoms with Gasteiger partial charge in [0.2, 0.25) is 0 Å². The second-order valence-corrected chi connectivity index (χ2v) is 5.20. The van der Waals surface area contributed by atoms with Gasteiger partial charge in [-0.2, -0.15) is 0 Å². The molecule has 2 N–H and O–H groups in total. The van der Waals surface area contributed by atoms with Crippen LogP contribution in [0.3, 0.4) is 0 Å². The number of benzene rings is 1. The van der Waals surface area contributed by atoms with Gasteiger partial charge in [0.15, 0.2) is 0 Å². The molecule has 1 fully saturated rings. The van der Waals surface area contributed by atoms with Crippen molar-refractivity contribution in [3.63, 3.8) is 0 Å². The van der Waals surface area contributed by atoms with Crippen LogP contribution in [-0.2, 0) is 16.1 Å². The van der Waals surface area contributed by atoms with E-state index in [9.17, 15) is 9.59 Å². The Balaban J connectivity index is 1.76. The summed E-state index contributed by atoms with van der Waals surface area (Å²) in [5, 5.41) is 6.00. The first-order valence-electron chi connectivity index (χ1n) is 6.48. The number of carbonyl (C=O) groups is 2. The molecule has 102 valence electrons. The lowest BCUT2D eigenvalue weighted by Gasteiger charge is -2.11. The van der Waals surface area contributed by atoms with Gasteiger partial charge in [0, 0.05) is 17.6 Å². The molecule has 1 saturated carbocycles. The highest BCUT2D eigenvalue weighted by atomic mass is 35.5. The van der Waals surface area contributed by atoms with Gasteiger partial charge in [-0.15, -0.1) is 0 Å². The average molecular weight is 281 g/mol. The van der Waals surface area contributed by atoms with Crippen LogP contribution < -0.4 is 10.6 Å². The molecule has 2 rings (SSSR count). The molecule has 0 spiro atoms. The minimum atomic E-state index is -0.582. The third kappa shape index (κ3) is 4.24. The van der Waals surface area contributed by atoms with Crippen molar-refractivity contribution in [3.05, 3.63) is 34.9 Å². The second-order valence-electron chi connectivity index (χ2n) is 4.76. The fourth-order valence-electron chi connectivity index (χ4n) is 2.19. The lowest BCUT2D eigenvalue weighted by atomic mass is 10.2. The van der Waals surface area contributed by atoms with Gasteiger partial charge in [0.1, 0.15) is 0 Å². The standard InChI is InChI=1S/C14H17ClN2O2/c15-11-7-5-10(6-8-11)9-16-13(18)14(19)17-12-3-1-2-4-12/h5-8,12H,1-4,9H2,(H,16,18)(H,17,19). The molecule has 0 bridgehead atoms. The lowest BCUT2D eigenvalue weighted by molar-refractivity contribution is -0.139. The van der Waals surface area contributed by atoms with Crippen molar-refractivity contribution >= 4 is 23.4 Å². The van der Waals surface area contributed by atoms with E-state index in [1.54, 1.807) is 12.1 Å². The molecular weight excluding hydrogens is 264 g/mol. The number of carbonyl (C=O) groups excluding carboxylic acids is 2. The summed E-state index contributed by atoms with van der Waals surface area (Å²) in [6.45, 7) is 0.327. The first-order chi connectivity index (χ1) is 9.15. The van der Waals surface area contributed by atoms with Crippen molar-refractivity contribution in [1.29, 1.82) is 0 Å². The SMILES string of the molecule is O=C(NCc1ccc(Cl)cc1)C(=O)NC1CCCC1. The van der Waals surface area contributed by atoms with E-state index in [4.69, 9.17) is 11.6 Å². The minimum absolute atomic E-state index is 0.161. The van der Waals surface area contributed by atoms with Crippen molar-refractivity contribution in [2.45, 2.75) is 38.3 Å². The molecule has 1 aromatic carbocycles. The van der Waals surface area contributed by atoms with Crippen LogP contribution in [0, 0.1) is 0 Å². The fraction of sp³-hybridized carbons (Fsp3) is 0.429. The van der Waals surface area contributed by atoms with Crippen molar-refractivity contribution in [3.8, 4) is 0 Å². The average Bonchev–Trinajstić information content (AvgIpc) is 2.90. The summed E-state index contributed by atoms with van der Waals surface area (Å²) in [7, 11) is 0. The Labute approximate surface area is 117 Å². The Bertz CT molecular complexity index is 453. The van der Waals surface area contributed by atoms with Crippen molar-refractivity contribution in [2.75, 3.05) is 0 Å². The second kappa shape index (κ2) is 6.57. The zero-order valence-corrected chi connectivity index (χ0v) is 11.4. The number of nitrogens with one attached hydrogen (secondary N) is 2. The van der Waals surface area contributed by atoms with Gasteiger partial charge in [-0.25, -0.2) is 0 Å². The van der Waals surface area contributed by atoms with E-state index < -0.39 is 11.8 Å². The Kier molecular flexibility index (Phi) is 4.80. The summed E-state index contributed by atoms with van der Waals surface area (Å²) in [6, 6.07) is 7.30. The number of hydrogen-bond donors (Lipinski definition) is 2. The first kappa shape index (κ1) is 13.9. The minimum Gasteiger partial charge on any atom is -0.345 e. The Morgan fingerprint density at radius 1 is 1.11 bits per heavy atom. The molecule has 0 heterocycles. The number of halogens is 1. The number of amides is 2. The molecule has 0 atom stereocenters. The van der Waals surface area contributed by atoms with Gasteiger partial charge in [-0.1, -0.05) is 36.6 Å². The van der Waals surface area contributed by atoms with Crippen LogP contribution in [-0.4, -0.2) is 17.9 Å². The van der Waals surface area contributed by atoms with Crippen LogP contribution in [0.5, 0.6) is 0 Å². The van der Waals surface area contributed by atoms with E-state index in [0.29, 0.717) is 11.6 Å². The summed E-state index contributed by atoms with van der Waals surface area (Å²) in [4.78, 5) is 23.3. The maximum Gasteiger partial charge on any atom is 0.309 e. The molecule has 1 aromatic rings. The fourth-order valence-corrected chi connectivity index (χ4v) is 2.31. The maximum atomic E-state index is 11.6. The zero-order chi connectivity index (χ0) is 13.7. The van der Waals surface area contributed by atoms with Crippen molar-refractivity contribution < 1.29 is 9.59 Å². The van der Waals surface area contributed by atoms with Gasteiger partial charge in [-0.3, -0.25) is 9.59 Å². The summed E-state index contributed by atoms with van der Waals surface area (Å²) < 4.78 is 0. The van der Waals surface area contributed by atoms with Gasteiger partial charge in [0.25, 0.3) is 0 Å². The normalized spacial score (nSPS) is 15.2. The quantitative estimate of drug-likeness (QED) is 0.832. The maximum absolute atomic E-state index is 11.6. The summed E-state index contributed by atoms with van der Waals surface area (Å²) >= 11 is 5.77. The number of hydrogen-bond acceptors (Lipinski definition) is 2. The highest BCUT2D eigenvalue weighted by Gasteiger charge is 2.20. The highest BCUT2D eigenvalue weighted by molar-refractivity contribution is 6.35. The molecule has 19 heavy (non-hydrogen) atoms. The first-order valence-corrected chi connectivity index (χ1v) is 6.86. The van der Waals surface area contributed by atoms with Gasteiger partial charge in [0.05, 0.1) is 0 Å². The summed E-state index contributed by atoms with van der Waals surface area (Å²) in [5.74, 6) is -1.12. The summed E-state index contributed by atoms with van der Waals surface area (Å²) in [5.41, 5.74) is 0.909. The molecule has 1 aliphatic rings. The van der Waals surface area contributed by atoms with Crippen LogP contribution in [0.2, 0.25) is 5.02 Å². The Morgan fingerprint density at radius 2 is 1.74 bits per heavy atom. The van der Waals surface area contributed by atoms with Crippen LogP contribution in [0.1, 0.15) is 31.2 Å². The van der Waals surface area contributed by atoms with E-state index in [1.807, 2.05) is 12.1 Å². The van der Waals surface area contributed by atoms with Crippen LogP contribution in [0.15, 0.2) is 24.3 Å². The van der Waals surface area contributed by atoms with E-state index in [0.717, 1.165) is 31.2 Å². The van der Waals surface area contributed by atoms with E-state index in [2.05, 4.69) is 10.6 Å². The predicted octanol–water partition coefficient (Wildman–Crippen LogP) is 2.01. The molecule has 1 aliphatic carbocycles. The molecule has 2 amide bonds. The molecule has 0 aliphatic heterocycles. The molecule has 0 radical (unpaired) electrons. The largest absolute Gasteiger partial charge is 0.345 e. The Hall–Kier alpha value is -1.55. The summed E-state index contributed by atoms with van der Waals surface area (Å²) in [6.07, 6.45) is 4.18. The zero-order valence-electron chi connectivity index (χ0n) is 10.6. The van der Waals surface area contributed by atoms with Crippen LogP contribution in [0.25, 0.3) is 0 Å². The van der Waals surface area contributed by atoms with E-state index in [1.165, 1.54) is 0 Å². The highest BCUT2D eigenvalue weighted by Crippen LogP contribution is 2.17. The van der Waals surface area contributed by atoms with Crippen LogP contribution >= 0.6 is 11.6 Å². The van der Waals surface area contributed by atoms with Gasteiger partial charge in [-0.05, 0) is 30.5 Å². The van der Waals surface area contributed by atoms with Crippen LogP contribution in [0.4, 0.5) is 0 Å². The molecule has 0 saturated heterocycles. The monoisotopic (exact) mass is 280 g/mol. The molecular formula is C14H17ClN2O2. The predicted molar refractivity (Wildman–Crippen MR) is 73.7 cm³/mol. The number of rotatable bonds is 3. The Morgan fingerprint density at radius 3 is 2.37 bits per heavy atom. The third-order valence-electron chi connectivity index (χ3n) is 3.26. The van der Waals surface area contributed by atoms with Crippen molar-refractivity contribution in [1.82, 2.24) is 10.6 Å². The smallest absolute Gasteiger partial charge is 0.309 e. The molecule has 0 unspecified atom stereocenters.